The summed E-state index contributed by atoms with van der Waals surface area (Å²) < 4.78 is 25.0. The topological polar surface area (TPSA) is 74.3 Å². The van der Waals surface area contributed by atoms with Gasteiger partial charge in [0.25, 0.3) is 8.32 Å². The summed E-state index contributed by atoms with van der Waals surface area (Å²) in [7, 11) is -2.91. The third kappa shape index (κ3) is 6.62. The van der Waals surface area contributed by atoms with Gasteiger partial charge >= 0.3 is 6.09 Å². The molecule has 0 spiro atoms. The van der Waals surface area contributed by atoms with Crippen molar-refractivity contribution in [3.63, 3.8) is 0 Å². The van der Waals surface area contributed by atoms with Crippen molar-refractivity contribution in [1.29, 1.82) is 0 Å². The van der Waals surface area contributed by atoms with Gasteiger partial charge in [-0.05, 0) is 55.4 Å². The lowest BCUT2D eigenvalue weighted by Crippen LogP contribution is -2.67. The molecule has 39 heavy (non-hydrogen) atoms. The van der Waals surface area contributed by atoms with E-state index in [2.05, 4.69) is 45.0 Å². The molecular weight excluding hydrogens is 510 g/mol. The molecule has 0 aliphatic carbocycles. The van der Waals surface area contributed by atoms with Crippen molar-refractivity contribution in [3.05, 3.63) is 60.7 Å². The van der Waals surface area contributed by atoms with Crippen LogP contribution in [0.1, 0.15) is 67.2 Å². The van der Waals surface area contributed by atoms with Crippen molar-refractivity contribution in [1.82, 2.24) is 4.90 Å². The number of likely N-dealkylation sites (tertiary alicyclic amines) is 1. The largest absolute Gasteiger partial charge is 0.443 e. The van der Waals surface area contributed by atoms with E-state index in [0.29, 0.717) is 6.61 Å². The molecule has 3 unspecified atom stereocenters. The number of carbonyl (C=O) groups is 2. The zero-order valence-corrected chi connectivity index (χ0v) is 25.1. The fourth-order valence-corrected chi connectivity index (χ4v) is 10.2. The molecule has 0 aromatic heterocycles. The van der Waals surface area contributed by atoms with E-state index < -0.39 is 38.4 Å². The predicted octanol–water partition coefficient (Wildman–Crippen LogP) is 5.01. The Morgan fingerprint density at radius 1 is 0.949 bits per heavy atom. The summed E-state index contributed by atoms with van der Waals surface area (Å²) in [4.78, 5) is 27.8. The summed E-state index contributed by atoms with van der Waals surface area (Å²) in [6.07, 6.45) is 1.22. The Morgan fingerprint density at radius 2 is 1.54 bits per heavy atom. The van der Waals surface area contributed by atoms with E-state index in [1.807, 2.05) is 36.4 Å². The molecule has 0 N–H and O–H groups in total. The number of hydrogen-bond donors (Lipinski definition) is 0. The molecule has 8 heteroatoms. The van der Waals surface area contributed by atoms with Crippen LogP contribution in [0.3, 0.4) is 0 Å². The van der Waals surface area contributed by atoms with E-state index >= 15 is 0 Å². The minimum absolute atomic E-state index is 0.0773. The van der Waals surface area contributed by atoms with Gasteiger partial charge < -0.3 is 18.6 Å². The average molecular weight is 554 g/mol. The number of rotatable bonds is 7. The lowest BCUT2D eigenvalue weighted by molar-refractivity contribution is -0.193. The molecule has 4 rings (SSSR count). The van der Waals surface area contributed by atoms with Gasteiger partial charge in [-0.25, -0.2) is 9.69 Å². The highest BCUT2D eigenvalue weighted by atomic mass is 28.4. The molecule has 2 aliphatic heterocycles. The second-order valence-corrected chi connectivity index (χ2v) is 16.8. The second kappa shape index (κ2) is 11.9. The molecule has 7 nitrogen and oxygen atoms in total. The minimum atomic E-state index is -2.91. The van der Waals surface area contributed by atoms with Crippen LogP contribution in [0.4, 0.5) is 4.79 Å². The summed E-state index contributed by atoms with van der Waals surface area (Å²) in [5, 5.41) is 2.01. The van der Waals surface area contributed by atoms with Gasteiger partial charge in [0.1, 0.15) is 5.60 Å². The molecule has 2 aliphatic rings. The minimum Gasteiger partial charge on any atom is -0.443 e. The Hall–Kier alpha value is -2.52. The zero-order chi connectivity index (χ0) is 28.3. The quantitative estimate of drug-likeness (QED) is 0.449. The first-order valence-corrected chi connectivity index (χ1v) is 15.9. The molecule has 2 saturated heterocycles. The normalized spacial score (nSPS) is 22.7. The van der Waals surface area contributed by atoms with E-state index in [1.165, 1.54) is 4.90 Å². The fourth-order valence-electron chi connectivity index (χ4n) is 5.61. The summed E-state index contributed by atoms with van der Waals surface area (Å²) >= 11 is 0. The molecule has 2 aromatic rings. The molecule has 2 heterocycles. The summed E-state index contributed by atoms with van der Waals surface area (Å²) in [6, 6.07) is 20.0. The molecule has 0 bridgehead atoms. The SMILES string of the molecule is CC(C)(C)OC(=O)N1C(=O)CC(OC2CCCCO2)C1CO[Si](c1ccccc1)(c1ccccc1)C(C)(C)C. The molecule has 2 fully saturated rings. The summed E-state index contributed by atoms with van der Waals surface area (Å²) in [6.45, 7) is 12.8. The number of imide groups is 1. The van der Waals surface area contributed by atoms with Crippen LogP contribution in [-0.2, 0) is 23.4 Å². The monoisotopic (exact) mass is 553 g/mol. The number of carbonyl (C=O) groups excluding carboxylic acids is 2. The highest BCUT2D eigenvalue weighted by Crippen LogP contribution is 2.38. The van der Waals surface area contributed by atoms with Crippen molar-refractivity contribution < 1.29 is 28.2 Å². The van der Waals surface area contributed by atoms with Gasteiger partial charge in [-0.2, -0.15) is 0 Å². The standard InChI is InChI=1S/C31H43NO6Si/c1-30(2,3)38-29(34)32-25(26(21-27(32)33)37-28-19-13-14-20-35-28)22-36-39(31(4,5)6,23-15-9-7-10-16-23)24-17-11-8-12-18-24/h7-12,15-18,25-26,28H,13-14,19-22H2,1-6H3. The molecule has 0 radical (unpaired) electrons. The van der Waals surface area contributed by atoms with Crippen LogP contribution >= 0.6 is 0 Å². The first kappa shape index (κ1) is 29.5. The maximum Gasteiger partial charge on any atom is 0.417 e. The van der Waals surface area contributed by atoms with Gasteiger partial charge in [0.05, 0.1) is 25.2 Å². The maximum absolute atomic E-state index is 13.3. The highest BCUT2D eigenvalue weighted by molar-refractivity contribution is 6.99. The van der Waals surface area contributed by atoms with Crippen LogP contribution in [0, 0.1) is 0 Å². The van der Waals surface area contributed by atoms with Crippen molar-refractivity contribution >= 4 is 30.7 Å². The van der Waals surface area contributed by atoms with Crippen LogP contribution in [-0.4, -0.2) is 62.5 Å². The van der Waals surface area contributed by atoms with E-state index in [4.69, 9.17) is 18.6 Å². The number of ether oxygens (including phenoxy) is 3. The third-order valence-electron chi connectivity index (χ3n) is 7.35. The Kier molecular flexibility index (Phi) is 9.00. The lowest BCUT2D eigenvalue weighted by atomic mass is 10.1. The average Bonchev–Trinajstić information content (AvgIpc) is 3.19. The van der Waals surface area contributed by atoms with Crippen LogP contribution in [0.5, 0.6) is 0 Å². The van der Waals surface area contributed by atoms with Crippen molar-refractivity contribution in [2.45, 2.75) is 96.3 Å². The molecule has 2 aromatic carbocycles. The lowest BCUT2D eigenvalue weighted by Gasteiger charge is -2.44. The molecule has 3 atom stereocenters. The van der Waals surface area contributed by atoms with Crippen LogP contribution in [0.15, 0.2) is 60.7 Å². The molecule has 0 saturated carbocycles. The van der Waals surface area contributed by atoms with E-state index in [0.717, 1.165) is 29.6 Å². The second-order valence-electron chi connectivity index (χ2n) is 12.5. The van der Waals surface area contributed by atoms with Crippen LogP contribution in [0.2, 0.25) is 5.04 Å². The Morgan fingerprint density at radius 3 is 2.03 bits per heavy atom. The number of hydrogen-bond acceptors (Lipinski definition) is 6. The fraction of sp³-hybridized carbons (Fsp3) is 0.548. The zero-order valence-electron chi connectivity index (χ0n) is 24.1. The van der Waals surface area contributed by atoms with Gasteiger partial charge in [-0.15, -0.1) is 0 Å². The smallest absolute Gasteiger partial charge is 0.417 e. The van der Waals surface area contributed by atoms with E-state index in [1.54, 1.807) is 20.8 Å². The van der Waals surface area contributed by atoms with Gasteiger partial charge in [0, 0.05) is 6.61 Å². The molecule has 212 valence electrons. The van der Waals surface area contributed by atoms with E-state index in [9.17, 15) is 9.59 Å². The number of amides is 2. The van der Waals surface area contributed by atoms with Crippen molar-refractivity contribution in [3.8, 4) is 0 Å². The van der Waals surface area contributed by atoms with Crippen molar-refractivity contribution in [2.75, 3.05) is 13.2 Å². The van der Waals surface area contributed by atoms with Gasteiger partial charge in [0.2, 0.25) is 5.91 Å². The summed E-state index contributed by atoms with van der Waals surface area (Å²) in [5.74, 6) is -0.318. The number of benzene rings is 2. The first-order chi connectivity index (χ1) is 18.4. The Balaban J connectivity index is 1.72. The predicted molar refractivity (Wildman–Crippen MR) is 154 cm³/mol. The summed E-state index contributed by atoms with van der Waals surface area (Å²) in [5.41, 5.74) is -0.744. The van der Waals surface area contributed by atoms with Crippen LogP contribution in [0.25, 0.3) is 0 Å². The maximum atomic E-state index is 13.3. The highest BCUT2D eigenvalue weighted by Gasteiger charge is 2.53. The molecule has 2 amide bonds. The molecular formula is C31H43NO6Si. The van der Waals surface area contributed by atoms with Gasteiger partial charge in [-0.1, -0.05) is 81.4 Å². The van der Waals surface area contributed by atoms with Gasteiger partial charge in [-0.3, -0.25) is 4.79 Å². The van der Waals surface area contributed by atoms with Crippen molar-refractivity contribution in [2.24, 2.45) is 0 Å². The Labute approximate surface area is 233 Å². The number of nitrogens with zero attached hydrogens (tertiary/aromatic N) is 1. The third-order valence-corrected chi connectivity index (χ3v) is 12.4. The first-order valence-electron chi connectivity index (χ1n) is 14.0. The Bertz CT molecular complexity index is 1070. The van der Waals surface area contributed by atoms with E-state index in [-0.39, 0.29) is 24.0 Å². The van der Waals surface area contributed by atoms with Crippen LogP contribution < -0.4 is 10.4 Å². The van der Waals surface area contributed by atoms with Gasteiger partial charge in [0.15, 0.2) is 6.29 Å².